The Kier molecular flexibility index (Phi) is 9.24. The maximum Gasteiger partial charge on any atom is 0.335 e. The van der Waals surface area contributed by atoms with Crippen LogP contribution in [0.4, 0.5) is 0 Å². The minimum absolute atomic E-state index is 0.191. The summed E-state index contributed by atoms with van der Waals surface area (Å²) in [5.41, 5.74) is 0.196. The molecule has 0 saturated heterocycles. The molecular weight excluding hydrogens is 300 g/mol. The molecule has 0 aliphatic rings. The number of hydrogen-bond donors (Lipinski definition) is 0. The highest BCUT2D eigenvalue weighted by atomic mass is 35.5. The van der Waals surface area contributed by atoms with E-state index in [2.05, 4.69) is 6.92 Å². The molecule has 4 heteroatoms. The first-order chi connectivity index (χ1) is 10.6. The van der Waals surface area contributed by atoms with Crippen LogP contribution in [0, 0.1) is 0 Å². The van der Waals surface area contributed by atoms with E-state index in [1.165, 1.54) is 44.2 Å². The van der Waals surface area contributed by atoms with Gasteiger partial charge in [0, 0.05) is 6.08 Å². The van der Waals surface area contributed by atoms with E-state index < -0.39 is 11.2 Å². The van der Waals surface area contributed by atoms with E-state index in [9.17, 15) is 9.59 Å². The zero-order chi connectivity index (χ0) is 16.2. The molecule has 0 amide bonds. The predicted molar refractivity (Wildman–Crippen MR) is 89.4 cm³/mol. The van der Waals surface area contributed by atoms with Crippen molar-refractivity contribution >= 4 is 22.8 Å². The quantitative estimate of drug-likeness (QED) is 0.193. The van der Waals surface area contributed by atoms with E-state index in [0.29, 0.717) is 0 Å². The Morgan fingerprint density at radius 1 is 1.09 bits per heavy atom. The smallest absolute Gasteiger partial charge is 0.335 e. The van der Waals surface area contributed by atoms with Crippen molar-refractivity contribution in [3.05, 3.63) is 42.0 Å². The number of carbonyl (C=O) groups is 2. The van der Waals surface area contributed by atoms with Crippen LogP contribution in [-0.4, -0.2) is 11.2 Å². The molecule has 0 aliphatic heterocycles. The maximum absolute atomic E-state index is 11.7. The highest BCUT2D eigenvalue weighted by Crippen LogP contribution is 2.20. The molecule has 22 heavy (non-hydrogen) atoms. The van der Waals surface area contributed by atoms with Crippen LogP contribution < -0.4 is 4.74 Å². The van der Waals surface area contributed by atoms with Gasteiger partial charge in [0.15, 0.2) is 0 Å². The van der Waals surface area contributed by atoms with Crippen LogP contribution >= 0.6 is 11.6 Å². The van der Waals surface area contributed by atoms with E-state index in [1.54, 1.807) is 18.2 Å². The molecule has 0 unspecified atom stereocenters. The Hall–Kier alpha value is -1.61. The predicted octanol–water partition coefficient (Wildman–Crippen LogP) is 5.28. The van der Waals surface area contributed by atoms with E-state index in [0.717, 1.165) is 12.8 Å². The van der Waals surface area contributed by atoms with Gasteiger partial charge < -0.3 is 4.74 Å². The van der Waals surface area contributed by atoms with Crippen LogP contribution in [0.5, 0.6) is 5.75 Å². The summed E-state index contributed by atoms with van der Waals surface area (Å²) >= 11 is 5.44. The maximum atomic E-state index is 11.7. The largest absolute Gasteiger partial charge is 0.423 e. The molecule has 1 aromatic carbocycles. The second kappa shape index (κ2) is 11.0. The summed E-state index contributed by atoms with van der Waals surface area (Å²) in [6.07, 6.45) is 11.4. The molecule has 0 radical (unpaired) electrons. The van der Waals surface area contributed by atoms with E-state index in [4.69, 9.17) is 16.3 Å². The molecule has 0 fully saturated rings. The van der Waals surface area contributed by atoms with Crippen LogP contribution in [0.25, 0.3) is 0 Å². The number of esters is 1. The van der Waals surface area contributed by atoms with E-state index in [-0.39, 0.29) is 11.3 Å². The van der Waals surface area contributed by atoms with Crippen molar-refractivity contribution in [3.63, 3.8) is 0 Å². The monoisotopic (exact) mass is 322 g/mol. The summed E-state index contributed by atoms with van der Waals surface area (Å²) in [4.78, 5) is 22.9. The van der Waals surface area contributed by atoms with Crippen molar-refractivity contribution < 1.29 is 14.3 Å². The third kappa shape index (κ3) is 7.41. The molecule has 3 nitrogen and oxygen atoms in total. The molecule has 0 aromatic heterocycles. The molecule has 1 aromatic rings. The molecular formula is C18H23ClO3. The lowest BCUT2D eigenvalue weighted by atomic mass is 10.1. The van der Waals surface area contributed by atoms with Crippen molar-refractivity contribution in [2.24, 2.45) is 0 Å². The Balaban J connectivity index is 2.31. The SMILES string of the molecule is CCCCCCCCC=CC(=O)Oc1ccccc1C(=O)Cl. The van der Waals surface area contributed by atoms with Gasteiger partial charge in [-0.1, -0.05) is 57.2 Å². The second-order valence-corrected chi connectivity index (χ2v) is 5.49. The zero-order valence-corrected chi connectivity index (χ0v) is 13.8. The normalized spacial score (nSPS) is 10.8. The third-order valence-electron chi connectivity index (χ3n) is 3.29. The van der Waals surface area contributed by atoms with Crippen LogP contribution in [0.2, 0.25) is 0 Å². The molecule has 0 aliphatic carbocycles. The fourth-order valence-electron chi connectivity index (χ4n) is 2.08. The highest BCUT2D eigenvalue weighted by Gasteiger charge is 2.11. The third-order valence-corrected chi connectivity index (χ3v) is 3.49. The van der Waals surface area contributed by atoms with Crippen LogP contribution in [0.1, 0.15) is 62.2 Å². The van der Waals surface area contributed by atoms with Crippen LogP contribution in [0.3, 0.4) is 0 Å². The number of carbonyl (C=O) groups excluding carboxylic acids is 2. The first-order valence-corrected chi connectivity index (χ1v) is 8.20. The van der Waals surface area contributed by atoms with Gasteiger partial charge in [-0.25, -0.2) is 4.79 Å². The van der Waals surface area contributed by atoms with E-state index in [1.807, 2.05) is 6.08 Å². The summed E-state index contributed by atoms with van der Waals surface area (Å²) in [6.45, 7) is 2.20. The molecule has 0 saturated carbocycles. The van der Waals surface area contributed by atoms with Crippen LogP contribution in [-0.2, 0) is 4.79 Å². The van der Waals surface area contributed by atoms with Gasteiger partial charge in [-0.2, -0.15) is 0 Å². The van der Waals surface area contributed by atoms with Gasteiger partial charge in [0.1, 0.15) is 5.75 Å². The minimum Gasteiger partial charge on any atom is -0.423 e. The lowest BCUT2D eigenvalue weighted by Crippen LogP contribution is -2.06. The minimum atomic E-state index is -0.639. The van der Waals surface area contributed by atoms with Gasteiger partial charge in [0.2, 0.25) is 0 Å². The summed E-state index contributed by atoms with van der Waals surface area (Å²) in [5.74, 6) is -0.298. The fourth-order valence-corrected chi connectivity index (χ4v) is 2.24. The number of unbranched alkanes of at least 4 members (excludes halogenated alkanes) is 6. The van der Waals surface area contributed by atoms with Crippen molar-refractivity contribution in [3.8, 4) is 5.75 Å². The van der Waals surface area contributed by atoms with Crippen molar-refractivity contribution in [1.29, 1.82) is 0 Å². The molecule has 1 rings (SSSR count). The lowest BCUT2D eigenvalue weighted by molar-refractivity contribution is -0.129. The molecule has 0 bridgehead atoms. The summed E-state index contributed by atoms with van der Waals surface area (Å²) < 4.78 is 5.14. The molecule has 120 valence electrons. The van der Waals surface area contributed by atoms with Gasteiger partial charge in [0.25, 0.3) is 5.24 Å². The number of rotatable bonds is 10. The number of para-hydroxylation sites is 1. The topological polar surface area (TPSA) is 43.4 Å². The number of halogens is 1. The zero-order valence-electron chi connectivity index (χ0n) is 13.0. The Morgan fingerprint density at radius 2 is 1.77 bits per heavy atom. The summed E-state index contributed by atoms with van der Waals surface area (Å²) in [5, 5.41) is -0.639. The number of allylic oxidation sites excluding steroid dienone is 1. The Labute approximate surface area is 137 Å². The van der Waals surface area contributed by atoms with Gasteiger partial charge >= 0.3 is 5.97 Å². The molecule has 0 N–H and O–H groups in total. The van der Waals surface area contributed by atoms with Crippen molar-refractivity contribution in [1.82, 2.24) is 0 Å². The number of benzene rings is 1. The fraction of sp³-hybridized carbons (Fsp3) is 0.444. The van der Waals surface area contributed by atoms with Crippen molar-refractivity contribution in [2.75, 3.05) is 0 Å². The summed E-state index contributed by atoms with van der Waals surface area (Å²) in [6, 6.07) is 6.43. The first-order valence-electron chi connectivity index (χ1n) is 7.82. The molecule has 0 spiro atoms. The van der Waals surface area contributed by atoms with Crippen molar-refractivity contribution in [2.45, 2.75) is 51.9 Å². The standard InChI is InChI=1S/C18H23ClO3/c1-2-3-4-5-6-7-8-9-14-17(20)22-16-13-11-10-12-15(16)18(19)21/h9-14H,2-8H2,1H3. The molecule has 0 atom stereocenters. The Morgan fingerprint density at radius 3 is 2.50 bits per heavy atom. The highest BCUT2D eigenvalue weighted by molar-refractivity contribution is 6.68. The average Bonchev–Trinajstić information content (AvgIpc) is 2.50. The van der Waals surface area contributed by atoms with Gasteiger partial charge in [-0.05, 0) is 36.6 Å². The first kappa shape index (κ1) is 18.4. The lowest BCUT2D eigenvalue weighted by Gasteiger charge is -2.04. The summed E-state index contributed by atoms with van der Waals surface area (Å²) in [7, 11) is 0. The van der Waals surface area contributed by atoms with Gasteiger partial charge in [-0.3, -0.25) is 4.79 Å². The Bertz CT molecular complexity index is 509. The molecule has 0 heterocycles. The van der Waals surface area contributed by atoms with Crippen LogP contribution in [0.15, 0.2) is 36.4 Å². The number of hydrogen-bond acceptors (Lipinski definition) is 3. The number of ether oxygens (including phenoxy) is 1. The second-order valence-electron chi connectivity index (χ2n) is 5.15. The van der Waals surface area contributed by atoms with E-state index >= 15 is 0 Å². The van der Waals surface area contributed by atoms with Gasteiger partial charge in [-0.15, -0.1) is 0 Å². The average molecular weight is 323 g/mol. The van der Waals surface area contributed by atoms with Gasteiger partial charge in [0.05, 0.1) is 5.56 Å².